The Morgan fingerprint density at radius 3 is 3.17 bits per heavy atom. The molecule has 1 fully saturated rings. The molecule has 0 radical (unpaired) electrons. The molecule has 12 heavy (non-hydrogen) atoms. The van der Waals surface area contributed by atoms with E-state index in [0.29, 0.717) is 11.6 Å². The normalized spacial score (nSPS) is 25.5. The molecule has 4 heteroatoms. The zero-order chi connectivity index (χ0) is 8.97. The lowest BCUT2D eigenvalue weighted by Crippen LogP contribution is -2.05. The number of esters is 1. The average molecular weight is 191 g/mol. The van der Waals surface area contributed by atoms with E-state index in [-0.39, 0.29) is 12.1 Å². The maximum Gasteiger partial charge on any atom is 0.333 e. The minimum atomic E-state index is -0.375. The first-order chi connectivity index (χ1) is 5.76. The highest BCUT2D eigenvalue weighted by Crippen LogP contribution is 2.23. The zero-order valence-electron chi connectivity index (χ0n) is 6.88. The number of halogens is 1. The van der Waals surface area contributed by atoms with Gasteiger partial charge in [0.15, 0.2) is 0 Å². The summed E-state index contributed by atoms with van der Waals surface area (Å²) in [5.74, 6) is 0.770. The third-order valence-corrected chi connectivity index (χ3v) is 2.03. The van der Waals surface area contributed by atoms with E-state index in [1.807, 2.05) is 0 Å². The second kappa shape index (κ2) is 4.36. The molecule has 1 aliphatic rings. The first-order valence-electron chi connectivity index (χ1n) is 3.77. The van der Waals surface area contributed by atoms with Gasteiger partial charge in [-0.25, -0.2) is 4.79 Å². The van der Waals surface area contributed by atoms with Crippen LogP contribution in [0.3, 0.4) is 0 Å². The van der Waals surface area contributed by atoms with Gasteiger partial charge in [0.05, 0.1) is 19.1 Å². The standard InChI is InChI=1S/C8H11ClO3/c1-11-8(10)4-6-2-3-7(5-9)12-6/h4,7H,2-3,5H2,1H3/b6-4+. The maximum atomic E-state index is 10.8. The molecule has 1 aliphatic heterocycles. The summed E-state index contributed by atoms with van der Waals surface area (Å²) < 4.78 is 9.76. The molecular weight excluding hydrogens is 180 g/mol. The fourth-order valence-electron chi connectivity index (χ4n) is 1.04. The molecule has 1 unspecified atom stereocenters. The van der Waals surface area contributed by atoms with Crippen LogP contribution in [0.15, 0.2) is 11.8 Å². The van der Waals surface area contributed by atoms with Crippen LogP contribution in [0.4, 0.5) is 0 Å². The Labute approximate surface area is 76.3 Å². The summed E-state index contributed by atoms with van der Waals surface area (Å²) in [5, 5.41) is 0. The number of alkyl halides is 1. The molecule has 0 aromatic rings. The maximum absolute atomic E-state index is 10.8. The fraction of sp³-hybridized carbons (Fsp3) is 0.625. The third kappa shape index (κ3) is 2.41. The molecule has 0 aromatic heterocycles. The quantitative estimate of drug-likeness (QED) is 0.376. The van der Waals surface area contributed by atoms with Crippen molar-refractivity contribution in [3.63, 3.8) is 0 Å². The lowest BCUT2D eigenvalue weighted by molar-refractivity contribution is -0.135. The zero-order valence-corrected chi connectivity index (χ0v) is 7.63. The topological polar surface area (TPSA) is 35.5 Å². The molecule has 1 heterocycles. The number of methoxy groups -OCH3 is 1. The van der Waals surface area contributed by atoms with Crippen molar-refractivity contribution >= 4 is 17.6 Å². The molecule has 0 N–H and O–H groups in total. The summed E-state index contributed by atoms with van der Waals surface area (Å²) in [4.78, 5) is 10.8. The van der Waals surface area contributed by atoms with E-state index in [0.717, 1.165) is 12.8 Å². The molecule has 1 rings (SSSR count). The Morgan fingerprint density at radius 1 is 1.92 bits per heavy atom. The van der Waals surface area contributed by atoms with Gasteiger partial charge in [-0.2, -0.15) is 0 Å². The molecular formula is C8H11ClO3. The SMILES string of the molecule is COC(=O)/C=C1\CCC(CCl)O1. The van der Waals surface area contributed by atoms with Crippen LogP contribution in [0.1, 0.15) is 12.8 Å². The van der Waals surface area contributed by atoms with E-state index in [1.54, 1.807) is 0 Å². The van der Waals surface area contributed by atoms with Gasteiger partial charge in [0.1, 0.15) is 11.9 Å². The molecule has 0 spiro atoms. The largest absolute Gasteiger partial charge is 0.493 e. The van der Waals surface area contributed by atoms with Crippen molar-refractivity contribution in [2.45, 2.75) is 18.9 Å². The molecule has 0 saturated carbocycles. The summed E-state index contributed by atoms with van der Waals surface area (Å²) in [6.45, 7) is 0. The lowest BCUT2D eigenvalue weighted by Gasteiger charge is -2.04. The Hall–Kier alpha value is -0.700. The highest BCUT2D eigenvalue weighted by molar-refractivity contribution is 6.18. The predicted octanol–water partition coefficient (Wildman–Crippen LogP) is 1.46. The summed E-state index contributed by atoms with van der Waals surface area (Å²) in [6, 6.07) is 0. The predicted molar refractivity (Wildman–Crippen MR) is 44.9 cm³/mol. The van der Waals surface area contributed by atoms with Gasteiger partial charge in [0, 0.05) is 6.42 Å². The van der Waals surface area contributed by atoms with E-state index in [4.69, 9.17) is 16.3 Å². The van der Waals surface area contributed by atoms with Crippen LogP contribution in [0, 0.1) is 0 Å². The van der Waals surface area contributed by atoms with Crippen molar-refractivity contribution in [2.24, 2.45) is 0 Å². The first-order valence-corrected chi connectivity index (χ1v) is 4.31. The van der Waals surface area contributed by atoms with Crippen LogP contribution in [-0.2, 0) is 14.3 Å². The molecule has 0 aliphatic carbocycles. The molecule has 1 saturated heterocycles. The van der Waals surface area contributed by atoms with Crippen molar-refractivity contribution in [3.8, 4) is 0 Å². The van der Waals surface area contributed by atoms with Crippen LogP contribution >= 0.6 is 11.6 Å². The highest BCUT2D eigenvalue weighted by atomic mass is 35.5. The van der Waals surface area contributed by atoms with Gasteiger partial charge >= 0.3 is 5.97 Å². The van der Waals surface area contributed by atoms with Gasteiger partial charge in [-0.1, -0.05) is 0 Å². The summed E-state index contributed by atoms with van der Waals surface area (Å²) in [5.41, 5.74) is 0. The third-order valence-electron chi connectivity index (χ3n) is 1.68. The molecule has 68 valence electrons. The molecule has 3 nitrogen and oxygen atoms in total. The summed E-state index contributed by atoms with van der Waals surface area (Å²) in [7, 11) is 1.34. The van der Waals surface area contributed by atoms with E-state index >= 15 is 0 Å². The molecule has 0 aromatic carbocycles. The number of allylic oxidation sites excluding steroid dienone is 1. The highest BCUT2D eigenvalue weighted by Gasteiger charge is 2.20. The van der Waals surface area contributed by atoms with Crippen molar-refractivity contribution < 1.29 is 14.3 Å². The Morgan fingerprint density at radius 2 is 2.67 bits per heavy atom. The van der Waals surface area contributed by atoms with Gasteiger partial charge < -0.3 is 9.47 Å². The average Bonchev–Trinajstić information content (AvgIpc) is 2.52. The Bertz CT molecular complexity index is 200. The number of carbonyl (C=O) groups excluding carboxylic acids is 1. The van der Waals surface area contributed by atoms with Gasteiger partial charge in [0.25, 0.3) is 0 Å². The first kappa shape index (κ1) is 9.39. The Kier molecular flexibility index (Phi) is 3.41. The van der Waals surface area contributed by atoms with Gasteiger partial charge in [-0.3, -0.25) is 0 Å². The second-order valence-corrected chi connectivity index (χ2v) is 2.88. The van der Waals surface area contributed by atoms with E-state index in [2.05, 4.69) is 4.74 Å². The minimum Gasteiger partial charge on any atom is -0.493 e. The summed E-state index contributed by atoms with van der Waals surface area (Å²) in [6.07, 6.45) is 3.08. The minimum absolute atomic E-state index is 0.0579. The summed E-state index contributed by atoms with van der Waals surface area (Å²) >= 11 is 5.58. The van der Waals surface area contributed by atoms with Gasteiger partial charge in [-0.05, 0) is 6.42 Å². The molecule has 1 atom stereocenters. The second-order valence-electron chi connectivity index (χ2n) is 2.57. The number of hydrogen-bond acceptors (Lipinski definition) is 3. The molecule has 0 bridgehead atoms. The van der Waals surface area contributed by atoms with E-state index in [1.165, 1.54) is 13.2 Å². The number of carbonyl (C=O) groups is 1. The number of rotatable bonds is 2. The van der Waals surface area contributed by atoms with Crippen LogP contribution in [0.2, 0.25) is 0 Å². The van der Waals surface area contributed by atoms with Crippen LogP contribution in [0.5, 0.6) is 0 Å². The van der Waals surface area contributed by atoms with Gasteiger partial charge in [-0.15, -0.1) is 11.6 Å². The monoisotopic (exact) mass is 190 g/mol. The van der Waals surface area contributed by atoms with Crippen molar-refractivity contribution in [1.29, 1.82) is 0 Å². The lowest BCUT2D eigenvalue weighted by atomic mass is 10.2. The van der Waals surface area contributed by atoms with Crippen LogP contribution in [-0.4, -0.2) is 25.1 Å². The fourth-order valence-corrected chi connectivity index (χ4v) is 1.26. The molecule has 0 amide bonds. The Balaban J connectivity index is 2.45. The number of hydrogen-bond donors (Lipinski definition) is 0. The van der Waals surface area contributed by atoms with Gasteiger partial charge in [0.2, 0.25) is 0 Å². The van der Waals surface area contributed by atoms with Crippen molar-refractivity contribution in [3.05, 3.63) is 11.8 Å². The van der Waals surface area contributed by atoms with Crippen LogP contribution in [0.25, 0.3) is 0 Å². The van der Waals surface area contributed by atoms with Crippen molar-refractivity contribution in [2.75, 3.05) is 13.0 Å². The van der Waals surface area contributed by atoms with Crippen molar-refractivity contribution in [1.82, 2.24) is 0 Å². The van der Waals surface area contributed by atoms with E-state index < -0.39 is 0 Å². The van der Waals surface area contributed by atoms with E-state index in [9.17, 15) is 4.79 Å². The van der Waals surface area contributed by atoms with Crippen LogP contribution < -0.4 is 0 Å². The smallest absolute Gasteiger partial charge is 0.333 e. The number of ether oxygens (including phenoxy) is 2.